The number of benzene rings is 2. The van der Waals surface area contributed by atoms with Gasteiger partial charge in [0.25, 0.3) is 0 Å². The van der Waals surface area contributed by atoms with Crippen molar-refractivity contribution in [2.75, 3.05) is 0 Å². The molecule has 32 heavy (non-hydrogen) atoms. The summed E-state index contributed by atoms with van der Waals surface area (Å²) in [5.74, 6) is 2.04. The van der Waals surface area contributed by atoms with Crippen molar-refractivity contribution < 1.29 is 7.48 Å². The van der Waals surface area contributed by atoms with E-state index in [4.69, 9.17) is 7.48 Å². The van der Waals surface area contributed by atoms with Crippen LogP contribution in [0.3, 0.4) is 0 Å². The molecule has 5 aromatic rings. The maximum Gasteiger partial charge on any atom is 0.137 e. The number of para-hydroxylation sites is 1. The number of nitrogens with zero attached hydrogens (tertiary/aromatic N) is 3. The lowest BCUT2D eigenvalue weighted by molar-refractivity contribution is 0.411. The Kier molecular flexibility index (Phi) is 4.64. The van der Waals surface area contributed by atoms with Crippen LogP contribution < -0.4 is 4.74 Å². The molecular formula is C27H24BrN3O. The van der Waals surface area contributed by atoms with Crippen molar-refractivity contribution in [3.63, 3.8) is 0 Å². The number of fused-ring (bicyclic) bond motifs is 3. The van der Waals surface area contributed by atoms with Crippen LogP contribution in [0.2, 0.25) is 0 Å². The zero-order valence-corrected chi connectivity index (χ0v) is 19.7. The summed E-state index contributed by atoms with van der Waals surface area (Å²) in [6.07, 6.45) is 1.85. The van der Waals surface area contributed by atoms with Gasteiger partial charge < -0.3 is 4.74 Å². The Balaban J connectivity index is 1.70. The summed E-state index contributed by atoms with van der Waals surface area (Å²) in [7, 11) is 0. The van der Waals surface area contributed by atoms with Gasteiger partial charge in [0.15, 0.2) is 0 Å². The fraction of sp³-hybridized carbons (Fsp3) is 0.185. The van der Waals surface area contributed by atoms with Gasteiger partial charge in [0.2, 0.25) is 0 Å². The summed E-state index contributed by atoms with van der Waals surface area (Å²) >= 11 is 3.38. The first kappa shape index (κ1) is 18.4. The van der Waals surface area contributed by atoms with Gasteiger partial charge in [-0.2, -0.15) is 0 Å². The number of pyridine rings is 2. The number of aromatic nitrogens is 3. The molecule has 0 aliphatic rings. The van der Waals surface area contributed by atoms with Crippen LogP contribution in [-0.4, -0.2) is 14.5 Å². The molecule has 0 radical (unpaired) electrons. The third-order valence-corrected chi connectivity index (χ3v) is 5.51. The molecule has 2 aromatic carbocycles. The molecular weight excluding hydrogens is 462 g/mol. The average molecular weight is 488 g/mol. The molecule has 5 rings (SSSR count). The van der Waals surface area contributed by atoms with E-state index in [1.165, 1.54) is 0 Å². The number of halogens is 1. The van der Waals surface area contributed by atoms with Crippen LogP contribution in [0.25, 0.3) is 27.6 Å². The highest BCUT2D eigenvalue weighted by Crippen LogP contribution is 2.35. The Morgan fingerprint density at radius 3 is 2.44 bits per heavy atom. The molecule has 3 heterocycles. The Hall–Kier alpha value is -3.18. The second-order valence-corrected chi connectivity index (χ2v) is 9.54. The minimum atomic E-state index is -1.52. The fourth-order valence-electron chi connectivity index (χ4n) is 3.90. The summed E-state index contributed by atoms with van der Waals surface area (Å²) in [6, 6.07) is 21.4. The standard InChI is InChI=1S/C27H24BrN3O/c1-27(2,3)17-18-10-12-30-26(14-18)31-23-7-5-4-6-21(23)22-9-8-19(15-24(22)31)32-20-11-13-29-25(28)16-20/h4-16H,17H2,1-3H3/i17D2. The fourth-order valence-corrected chi connectivity index (χ4v) is 4.24. The highest BCUT2D eigenvalue weighted by Gasteiger charge is 2.16. The molecule has 0 spiro atoms. The van der Waals surface area contributed by atoms with Gasteiger partial charge in [0.05, 0.1) is 11.0 Å². The Bertz CT molecular complexity index is 1520. The molecule has 0 saturated heterocycles. The van der Waals surface area contributed by atoms with Gasteiger partial charge in [-0.15, -0.1) is 0 Å². The molecule has 0 N–H and O–H groups in total. The minimum absolute atomic E-state index is 0.563. The molecule has 0 aliphatic carbocycles. The van der Waals surface area contributed by atoms with Crippen molar-refractivity contribution in [3.8, 4) is 17.3 Å². The molecule has 0 saturated carbocycles. The summed E-state index contributed by atoms with van der Waals surface area (Å²) in [6.45, 7) is 5.73. The van der Waals surface area contributed by atoms with E-state index in [-0.39, 0.29) is 0 Å². The van der Waals surface area contributed by atoms with Gasteiger partial charge in [-0.25, -0.2) is 9.97 Å². The third-order valence-electron chi connectivity index (χ3n) is 5.07. The van der Waals surface area contributed by atoms with E-state index in [9.17, 15) is 0 Å². The molecule has 5 heteroatoms. The maximum absolute atomic E-state index is 8.74. The normalized spacial score (nSPS) is 13.2. The number of hydrogen-bond donors (Lipinski definition) is 0. The lowest BCUT2D eigenvalue weighted by Gasteiger charge is -2.18. The summed E-state index contributed by atoms with van der Waals surface area (Å²) < 4.78 is 26.4. The third kappa shape index (κ3) is 4.13. The molecule has 0 unspecified atom stereocenters. The van der Waals surface area contributed by atoms with Crippen molar-refractivity contribution in [2.45, 2.75) is 27.1 Å². The Morgan fingerprint density at radius 1 is 0.875 bits per heavy atom. The van der Waals surface area contributed by atoms with Gasteiger partial charge >= 0.3 is 0 Å². The first-order valence-corrected chi connectivity index (χ1v) is 11.2. The smallest absolute Gasteiger partial charge is 0.137 e. The zero-order chi connectivity index (χ0) is 24.1. The van der Waals surface area contributed by atoms with Crippen LogP contribution in [0, 0.1) is 5.41 Å². The van der Waals surface area contributed by atoms with Crippen molar-refractivity contribution in [1.29, 1.82) is 0 Å². The van der Waals surface area contributed by atoms with Gasteiger partial charge in [-0.1, -0.05) is 39.0 Å². The second kappa shape index (κ2) is 8.06. The highest BCUT2D eigenvalue weighted by molar-refractivity contribution is 9.10. The highest BCUT2D eigenvalue weighted by atomic mass is 79.9. The number of rotatable bonds is 4. The van der Waals surface area contributed by atoms with Gasteiger partial charge in [0, 0.05) is 38.0 Å². The quantitative estimate of drug-likeness (QED) is 0.243. The topological polar surface area (TPSA) is 39.9 Å². The summed E-state index contributed by atoms with van der Waals surface area (Å²) in [5, 5.41) is 2.17. The van der Waals surface area contributed by atoms with E-state index in [1.54, 1.807) is 18.5 Å². The van der Waals surface area contributed by atoms with Gasteiger partial charge in [0.1, 0.15) is 21.9 Å². The monoisotopic (exact) mass is 487 g/mol. The van der Waals surface area contributed by atoms with E-state index >= 15 is 0 Å². The lowest BCUT2D eigenvalue weighted by Crippen LogP contribution is -2.10. The van der Waals surface area contributed by atoms with E-state index in [1.807, 2.05) is 63.2 Å². The molecule has 4 nitrogen and oxygen atoms in total. The predicted octanol–water partition coefficient (Wildman–Crippen LogP) is 7.72. The molecule has 160 valence electrons. The van der Waals surface area contributed by atoms with Crippen LogP contribution in [0.15, 0.2) is 83.7 Å². The maximum atomic E-state index is 8.74. The summed E-state index contributed by atoms with van der Waals surface area (Å²) in [5.41, 5.74) is 1.98. The molecule has 0 bridgehead atoms. The number of hydrogen-bond acceptors (Lipinski definition) is 3. The van der Waals surface area contributed by atoms with Crippen LogP contribution >= 0.6 is 15.9 Å². The zero-order valence-electron chi connectivity index (χ0n) is 20.1. The van der Waals surface area contributed by atoms with E-state index in [0.717, 1.165) is 21.8 Å². The molecule has 3 aromatic heterocycles. The van der Waals surface area contributed by atoms with Crippen molar-refractivity contribution in [2.24, 2.45) is 5.41 Å². The van der Waals surface area contributed by atoms with Crippen molar-refractivity contribution in [3.05, 3.63) is 89.3 Å². The Labute approximate surface area is 198 Å². The van der Waals surface area contributed by atoms with Gasteiger partial charge in [-0.05, 0) is 69.7 Å². The second-order valence-electron chi connectivity index (χ2n) is 8.73. The minimum Gasteiger partial charge on any atom is -0.457 e. The largest absolute Gasteiger partial charge is 0.457 e. The predicted molar refractivity (Wildman–Crippen MR) is 134 cm³/mol. The van der Waals surface area contributed by atoms with Crippen LogP contribution in [0.4, 0.5) is 0 Å². The summed E-state index contributed by atoms with van der Waals surface area (Å²) in [4.78, 5) is 8.80. The first-order chi connectivity index (χ1) is 16.1. The van der Waals surface area contributed by atoms with Crippen molar-refractivity contribution >= 4 is 37.7 Å². The molecule has 0 aliphatic heterocycles. The first-order valence-electron chi connectivity index (χ1n) is 11.4. The van der Waals surface area contributed by atoms with Crippen LogP contribution in [0.5, 0.6) is 11.5 Å². The molecule has 0 fully saturated rings. The van der Waals surface area contributed by atoms with Gasteiger partial charge in [-0.3, -0.25) is 4.57 Å². The number of ether oxygens (including phenoxy) is 1. The van der Waals surface area contributed by atoms with Crippen LogP contribution in [0.1, 0.15) is 29.1 Å². The lowest BCUT2D eigenvalue weighted by atomic mass is 9.88. The van der Waals surface area contributed by atoms with E-state index in [2.05, 4.69) is 48.7 Å². The molecule has 0 amide bonds. The van der Waals surface area contributed by atoms with E-state index in [0.29, 0.717) is 27.5 Å². The SMILES string of the molecule is [2H]C([2H])(c1ccnc(-n2c3ccccc3c3ccc(Oc4ccnc(Br)c4)cc32)c1)C(C)(C)C. The average Bonchev–Trinajstić information content (AvgIpc) is 3.12. The van der Waals surface area contributed by atoms with E-state index < -0.39 is 11.8 Å². The Morgan fingerprint density at radius 2 is 1.62 bits per heavy atom. The van der Waals surface area contributed by atoms with Crippen molar-refractivity contribution in [1.82, 2.24) is 14.5 Å². The van der Waals surface area contributed by atoms with Crippen LogP contribution in [-0.2, 0) is 6.37 Å². The molecule has 0 atom stereocenters.